The van der Waals surface area contributed by atoms with Gasteiger partial charge in [0.25, 0.3) is 10.2 Å². The molecule has 0 bridgehead atoms. The summed E-state index contributed by atoms with van der Waals surface area (Å²) in [5.74, 6) is -1.28. The molecule has 1 amide bonds. The van der Waals surface area contributed by atoms with Crippen LogP contribution in [0.4, 0.5) is 5.69 Å². The van der Waals surface area contributed by atoms with Crippen LogP contribution in [0, 0.1) is 6.92 Å². The zero-order valence-corrected chi connectivity index (χ0v) is 9.32. The summed E-state index contributed by atoms with van der Waals surface area (Å²) in [6.45, 7) is 1.84. The third kappa shape index (κ3) is 1.52. The molecule has 0 atom stereocenters. The van der Waals surface area contributed by atoms with Crippen molar-refractivity contribution in [2.75, 3.05) is 5.32 Å². The summed E-state index contributed by atoms with van der Waals surface area (Å²) in [5, 5.41) is 2.48. The van der Waals surface area contributed by atoms with E-state index >= 15 is 0 Å². The van der Waals surface area contributed by atoms with Crippen LogP contribution in [0.1, 0.15) is 15.9 Å². The highest BCUT2D eigenvalue weighted by atomic mass is 35.5. The zero-order valence-electron chi connectivity index (χ0n) is 7.80. The molecule has 78 valence electrons. The van der Waals surface area contributed by atoms with Crippen LogP contribution in [0.5, 0.6) is 0 Å². The van der Waals surface area contributed by atoms with Crippen LogP contribution in [0.15, 0.2) is 18.2 Å². The molecule has 15 heavy (non-hydrogen) atoms. The van der Waals surface area contributed by atoms with E-state index in [1.165, 1.54) is 0 Å². The molecule has 0 unspecified atom stereocenters. The Morgan fingerprint density at radius 3 is 2.60 bits per heavy atom. The predicted octanol–water partition coefficient (Wildman–Crippen LogP) is 2.30. The maximum absolute atomic E-state index is 11.8. The van der Waals surface area contributed by atoms with E-state index in [-0.39, 0.29) is 0 Å². The minimum absolute atomic E-state index is 0.347. The number of hydrogen-bond donors (Lipinski definition) is 1. The van der Waals surface area contributed by atoms with E-state index in [2.05, 4.69) is 5.32 Å². The van der Waals surface area contributed by atoms with Gasteiger partial charge in [0.2, 0.25) is 5.78 Å². The van der Waals surface area contributed by atoms with Gasteiger partial charge in [-0.1, -0.05) is 34.8 Å². The van der Waals surface area contributed by atoms with Crippen molar-refractivity contribution in [3.63, 3.8) is 0 Å². The molecule has 1 N–H and O–H groups in total. The highest BCUT2D eigenvalue weighted by Gasteiger charge is 2.46. The second kappa shape index (κ2) is 3.22. The van der Waals surface area contributed by atoms with Crippen molar-refractivity contribution in [1.29, 1.82) is 0 Å². The number of ketones is 1. The Kier molecular flexibility index (Phi) is 2.24. The molecule has 1 aromatic rings. The Balaban J connectivity index is 2.62. The number of hydrogen-bond acceptors (Lipinski definition) is 2. The number of fused-ring (bicyclic) bond motifs is 1. The predicted molar refractivity (Wildman–Crippen MR) is 58.6 cm³/mol. The number of Topliss-reactive ketones (excluding diaryl/α,β-unsaturated/α-hetero) is 1. The van der Waals surface area contributed by atoms with Crippen LogP contribution < -0.4 is 5.32 Å². The van der Waals surface area contributed by atoms with Gasteiger partial charge in [0.1, 0.15) is 0 Å². The molecule has 3 nitrogen and oxygen atoms in total. The number of aryl methyl sites for hydroxylation is 1. The lowest BCUT2D eigenvalue weighted by Gasteiger charge is -2.25. The maximum atomic E-state index is 11.8. The first kappa shape index (κ1) is 10.5. The first-order valence-corrected chi connectivity index (χ1v) is 5.03. The van der Waals surface area contributed by atoms with Gasteiger partial charge in [-0.25, -0.2) is 0 Å². The van der Waals surface area contributed by atoms with E-state index in [0.717, 1.165) is 5.56 Å². The van der Waals surface area contributed by atoms with Gasteiger partial charge >= 0.3 is 0 Å². The van der Waals surface area contributed by atoms with Gasteiger partial charge in [-0.15, -0.1) is 0 Å². The van der Waals surface area contributed by atoms with Crippen LogP contribution in [-0.2, 0) is 4.79 Å². The summed E-state index contributed by atoms with van der Waals surface area (Å²) < 4.78 is -2.01. The largest absolute Gasteiger partial charge is 0.322 e. The van der Waals surface area contributed by atoms with Crippen molar-refractivity contribution in [3.8, 4) is 0 Å². The van der Waals surface area contributed by atoms with E-state index in [4.69, 9.17) is 23.2 Å². The van der Waals surface area contributed by atoms with Crippen LogP contribution in [0.3, 0.4) is 0 Å². The number of amides is 1. The summed E-state index contributed by atoms with van der Waals surface area (Å²) in [7, 11) is 0. The Bertz CT molecular complexity index is 468. The molecule has 1 aliphatic heterocycles. The lowest BCUT2D eigenvalue weighted by atomic mass is 9.99. The van der Waals surface area contributed by atoms with E-state index in [1.54, 1.807) is 18.2 Å². The van der Waals surface area contributed by atoms with Gasteiger partial charge in [-0.3, -0.25) is 9.59 Å². The van der Waals surface area contributed by atoms with E-state index in [0.29, 0.717) is 11.3 Å². The first-order valence-electron chi connectivity index (χ1n) is 4.27. The molecular weight excluding hydrogens is 237 g/mol. The third-order valence-corrected chi connectivity index (χ3v) is 2.92. The van der Waals surface area contributed by atoms with Crippen LogP contribution in [0.2, 0.25) is 0 Å². The van der Waals surface area contributed by atoms with Crippen molar-refractivity contribution < 1.29 is 9.59 Å². The molecule has 0 fully saturated rings. The SMILES string of the molecule is Cc1ccc2c(c1)C(=O)C(Cl)(Cl)C(=O)N2. The molecule has 1 heterocycles. The smallest absolute Gasteiger partial charge is 0.269 e. The molecule has 0 radical (unpaired) electrons. The Labute approximate surface area is 96.4 Å². The zero-order chi connectivity index (χ0) is 11.2. The maximum Gasteiger partial charge on any atom is 0.269 e. The molecule has 0 saturated heterocycles. The molecule has 1 aromatic carbocycles. The summed E-state index contributed by atoms with van der Waals surface area (Å²) in [6, 6.07) is 5.10. The van der Waals surface area contributed by atoms with Crippen molar-refractivity contribution >= 4 is 40.6 Å². The van der Waals surface area contributed by atoms with E-state index in [9.17, 15) is 9.59 Å². The lowest BCUT2D eigenvalue weighted by Crippen LogP contribution is -2.44. The molecule has 2 rings (SSSR count). The van der Waals surface area contributed by atoms with Crippen LogP contribution in [0.25, 0.3) is 0 Å². The van der Waals surface area contributed by atoms with Crippen molar-refractivity contribution in [1.82, 2.24) is 0 Å². The van der Waals surface area contributed by atoms with Crippen LogP contribution in [-0.4, -0.2) is 16.0 Å². The van der Waals surface area contributed by atoms with Gasteiger partial charge < -0.3 is 5.32 Å². The fraction of sp³-hybridized carbons (Fsp3) is 0.200. The van der Waals surface area contributed by atoms with Crippen molar-refractivity contribution in [2.45, 2.75) is 11.3 Å². The standard InChI is InChI=1S/C10H7Cl2NO2/c1-5-2-3-7-6(4-5)8(14)10(11,12)9(15)13-7/h2-4H,1H3,(H,13,15). The number of alkyl halides is 2. The van der Waals surface area contributed by atoms with Crippen molar-refractivity contribution in [3.05, 3.63) is 29.3 Å². The number of benzene rings is 1. The number of carbonyl (C=O) groups is 2. The topological polar surface area (TPSA) is 46.2 Å². The monoisotopic (exact) mass is 243 g/mol. The van der Waals surface area contributed by atoms with Gasteiger partial charge in [-0.2, -0.15) is 0 Å². The summed E-state index contributed by atoms with van der Waals surface area (Å²) >= 11 is 11.3. The lowest BCUT2D eigenvalue weighted by molar-refractivity contribution is -0.116. The molecule has 0 spiro atoms. The van der Waals surface area contributed by atoms with Gasteiger partial charge in [0, 0.05) is 5.56 Å². The highest BCUT2D eigenvalue weighted by molar-refractivity contribution is 6.71. The number of rotatable bonds is 0. The average molecular weight is 244 g/mol. The van der Waals surface area contributed by atoms with E-state index in [1.807, 2.05) is 6.92 Å². The molecule has 0 saturated carbocycles. The number of nitrogens with one attached hydrogen (secondary N) is 1. The summed E-state index contributed by atoms with van der Waals surface area (Å²) in [4.78, 5) is 23.2. The second-order valence-corrected chi connectivity index (χ2v) is 4.73. The van der Waals surface area contributed by atoms with Crippen molar-refractivity contribution in [2.24, 2.45) is 0 Å². The minimum Gasteiger partial charge on any atom is -0.322 e. The van der Waals surface area contributed by atoms with Gasteiger partial charge in [0.15, 0.2) is 0 Å². The second-order valence-electron chi connectivity index (χ2n) is 3.41. The van der Waals surface area contributed by atoms with Gasteiger partial charge in [0.05, 0.1) is 5.69 Å². The average Bonchev–Trinajstić information content (AvgIpc) is 2.17. The number of carbonyl (C=O) groups excluding carboxylic acids is 2. The summed E-state index contributed by atoms with van der Waals surface area (Å²) in [5.41, 5.74) is 1.70. The summed E-state index contributed by atoms with van der Waals surface area (Å²) in [6.07, 6.45) is 0. The third-order valence-electron chi connectivity index (χ3n) is 2.24. The molecule has 0 aromatic heterocycles. The first-order chi connectivity index (χ1) is 6.93. The highest BCUT2D eigenvalue weighted by Crippen LogP contribution is 2.35. The van der Waals surface area contributed by atoms with E-state index < -0.39 is 16.0 Å². The molecule has 0 aliphatic carbocycles. The normalized spacial score (nSPS) is 18.3. The fourth-order valence-corrected chi connectivity index (χ4v) is 1.73. The number of halogens is 2. The van der Waals surface area contributed by atoms with Crippen LogP contribution >= 0.6 is 23.2 Å². The molecule has 5 heteroatoms. The Hall–Kier alpha value is -1.06. The van der Waals surface area contributed by atoms with Gasteiger partial charge in [-0.05, 0) is 19.1 Å². The number of anilines is 1. The fourth-order valence-electron chi connectivity index (χ4n) is 1.43. The molecular formula is C10H7Cl2NO2. The minimum atomic E-state index is -2.01. The molecule has 1 aliphatic rings. The Morgan fingerprint density at radius 2 is 1.93 bits per heavy atom. The Morgan fingerprint density at radius 1 is 1.27 bits per heavy atom. The quantitative estimate of drug-likeness (QED) is 0.562.